The number of benzene rings is 2. The van der Waals surface area contributed by atoms with Gasteiger partial charge in [0.05, 0.1) is 25.0 Å². The molecule has 1 N–H and O–H groups in total. The zero-order valence-corrected chi connectivity index (χ0v) is 21.7. The molecule has 1 atom stereocenters. The Hall–Kier alpha value is -3.43. The van der Waals surface area contributed by atoms with Crippen LogP contribution in [-0.4, -0.2) is 51.1 Å². The summed E-state index contributed by atoms with van der Waals surface area (Å²) in [7, 11) is 1.58. The van der Waals surface area contributed by atoms with Gasteiger partial charge in [0, 0.05) is 22.0 Å². The third kappa shape index (κ3) is 4.94. The number of para-hydroxylation sites is 2. The summed E-state index contributed by atoms with van der Waals surface area (Å²) >= 11 is 7.41. The molecule has 0 radical (unpaired) electrons. The molecule has 0 amide bonds. The number of ketones is 1. The number of halogens is 1. The Balaban J connectivity index is 1.25. The van der Waals surface area contributed by atoms with E-state index in [4.69, 9.17) is 25.8 Å². The molecule has 0 saturated carbocycles. The van der Waals surface area contributed by atoms with Gasteiger partial charge in [0.15, 0.2) is 29.2 Å². The lowest BCUT2D eigenvalue weighted by Gasteiger charge is -2.27. The van der Waals surface area contributed by atoms with Crippen LogP contribution in [0.5, 0.6) is 17.2 Å². The second-order valence-corrected chi connectivity index (χ2v) is 9.79. The number of aromatic amines is 1. The number of aryl methyl sites for hydroxylation is 1. The molecular weight excluding hydrogens is 500 g/mol. The van der Waals surface area contributed by atoms with Gasteiger partial charge in [-0.05, 0) is 50.2 Å². The lowest BCUT2D eigenvalue weighted by atomic mass is 10.2. The maximum Gasteiger partial charge on any atom is 0.209 e. The van der Waals surface area contributed by atoms with E-state index in [1.54, 1.807) is 25.3 Å². The zero-order valence-electron chi connectivity index (χ0n) is 20.1. The van der Waals surface area contributed by atoms with E-state index in [-0.39, 0.29) is 17.6 Å². The molecule has 8 nitrogen and oxygen atoms in total. The number of rotatable bonds is 8. The highest BCUT2D eigenvalue weighted by Gasteiger charge is 2.24. The Morgan fingerprint density at radius 1 is 1.22 bits per heavy atom. The van der Waals surface area contributed by atoms with Crippen LogP contribution in [0, 0.1) is 13.8 Å². The highest BCUT2D eigenvalue weighted by Crippen LogP contribution is 2.33. The number of carbonyl (C=O) groups is 1. The van der Waals surface area contributed by atoms with E-state index in [2.05, 4.69) is 19.7 Å². The summed E-state index contributed by atoms with van der Waals surface area (Å²) in [5.41, 5.74) is 3.29. The number of fused-ring (bicyclic) bond motifs is 1. The molecule has 0 unspecified atom stereocenters. The molecule has 186 valence electrons. The van der Waals surface area contributed by atoms with Crippen molar-refractivity contribution in [2.24, 2.45) is 0 Å². The van der Waals surface area contributed by atoms with Crippen molar-refractivity contribution in [3.63, 3.8) is 0 Å². The topological polar surface area (TPSA) is 91.3 Å². The van der Waals surface area contributed by atoms with Gasteiger partial charge in [0.1, 0.15) is 12.4 Å². The summed E-state index contributed by atoms with van der Waals surface area (Å²) in [4.78, 5) is 17.6. The largest absolute Gasteiger partial charge is 0.496 e. The van der Waals surface area contributed by atoms with Gasteiger partial charge in [0.2, 0.25) is 5.16 Å². The number of nitrogens with zero attached hydrogens (tertiary/aromatic N) is 3. The summed E-state index contributed by atoms with van der Waals surface area (Å²) in [6, 6.07) is 14.9. The lowest BCUT2D eigenvalue weighted by molar-refractivity contribution is 0.0777. The first-order valence-electron chi connectivity index (χ1n) is 11.4. The fourth-order valence-corrected chi connectivity index (χ4v) is 5.08. The maximum atomic E-state index is 13.1. The van der Waals surface area contributed by atoms with E-state index in [0.717, 1.165) is 22.9 Å². The first kappa shape index (κ1) is 24.3. The molecule has 0 saturated heterocycles. The summed E-state index contributed by atoms with van der Waals surface area (Å²) < 4.78 is 19.5. The second kappa shape index (κ2) is 10.3. The van der Waals surface area contributed by atoms with Crippen LogP contribution < -0.4 is 14.2 Å². The van der Waals surface area contributed by atoms with E-state index in [0.29, 0.717) is 46.0 Å². The van der Waals surface area contributed by atoms with Crippen molar-refractivity contribution < 1.29 is 19.0 Å². The van der Waals surface area contributed by atoms with Gasteiger partial charge in [-0.15, -0.1) is 5.10 Å². The van der Waals surface area contributed by atoms with Gasteiger partial charge in [-0.3, -0.25) is 9.89 Å². The third-order valence-electron chi connectivity index (χ3n) is 6.04. The van der Waals surface area contributed by atoms with Gasteiger partial charge in [-0.2, -0.15) is 0 Å². The first-order valence-corrected chi connectivity index (χ1v) is 12.8. The number of Topliss-reactive ketones (excluding diaryl/α,β-unsaturated/α-hetero) is 1. The number of hydrogen-bond acceptors (Lipinski definition) is 7. The molecule has 0 fully saturated rings. The molecule has 0 bridgehead atoms. The summed E-state index contributed by atoms with van der Waals surface area (Å²) in [5.74, 6) is 2.88. The molecule has 2 aromatic carbocycles. The first-order chi connectivity index (χ1) is 17.4. The van der Waals surface area contributed by atoms with Crippen molar-refractivity contribution in [3.8, 4) is 28.6 Å². The van der Waals surface area contributed by atoms with E-state index < -0.39 is 0 Å². The van der Waals surface area contributed by atoms with Crippen LogP contribution in [0.4, 0.5) is 0 Å². The van der Waals surface area contributed by atoms with Crippen molar-refractivity contribution in [3.05, 3.63) is 70.5 Å². The smallest absolute Gasteiger partial charge is 0.209 e. The van der Waals surface area contributed by atoms with Crippen molar-refractivity contribution in [2.45, 2.75) is 31.7 Å². The number of hydrogen-bond donors (Lipinski definition) is 1. The van der Waals surface area contributed by atoms with Gasteiger partial charge >= 0.3 is 0 Å². The minimum atomic E-state index is -0.141. The molecule has 0 spiro atoms. The van der Waals surface area contributed by atoms with Gasteiger partial charge in [-0.25, -0.2) is 4.98 Å². The fourth-order valence-electron chi connectivity index (χ4n) is 4.23. The summed E-state index contributed by atoms with van der Waals surface area (Å²) in [6.45, 7) is 5.00. The zero-order chi connectivity index (χ0) is 25.2. The molecule has 0 aliphatic carbocycles. The van der Waals surface area contributed by atoms with E-state index >= 15 is 0 Å². The number of aromatic nitrogens is 4. The molecule has 2 aromatic heterocycles. The van der Waals surface area contributed by atoms with Crippen LogP contribution in [0.15, 0.2) is 53.7 Å². The third-order valence-corrected chi connectivity index (χ3v) is 7.12. The molecular formula is C26H25ClN4O4S. The van der Waals surface area contributed by atoms with Crippen LogP contribution in [-0.2, 0) is 6.54 Å². The quantitative estimate of drug-likeness (QED) is 0.245. The highest BCUT2D eigenvalue weighted by molar-refractivity contribution is 7.99. The van der Waals surface area contributed by atoms with E-state index in [9.17, 15) is 4.79 Å². The van der Waals surface area contributed by atoms with Crippen molar-refractivity contribution in [2.75, 3.05) is 19.5 Å². The monoisotopic (exact) mass is 524 g/mol. The minimum absolute atomic E-state index is 0.0113. The van der Waals surface area contributed by atoms with Gasteiger partial charge < -0.3 is 18.8 Å². The average molecular weight is 525 g/mol. The molecule has 1 aliphatic heterocycles. The SMILES string of the molecule is COc1ccc(Cl)cc1-c1nc(SCC(=O)c2cc(C)n(C[C@H]3COc4ccccc4O3)c2C)n[nH]1. The highest BCUT2D eigenvalue weighted by atomic mass is 35.5. The fraction of sp³-hybridized carbons (Fsp3) is 0.269. The molecule has 5 rings (SSSR count). The van der Waals surface area contributed by atoms with Crippen LogP contribution in [0.3, 0.4) is 0 Å². The maximum absolute atomic E-state index is 13.1. The summed E-state index contributed by atoms with van der Waals surface area (Å²) in [6.07, 6.45) is -0.141. The van der Waals surface area contributed by atoms with Crippen LogP contribution >= 0.6 is 23.4 Å². The predicted octanol–water partition coefficient (Wildman–Crippen LogP) is 5.37. The Morgan fingerprint density at radius 3 is 2.83 bits per heavy atom. The van der Waals surface area contributed by atoms with E-state index in [1.165, 1.54) is 11.8 Å². The molecule has 10 heteroatoms. The molecule has 1 aliphatic rings. The van der Waals surface area contributed by atoms with E-state index in [1.807, 2.05) is 44.2 Å². The molecule has 36 heavy (non-hydrogen) atoms. The average Bonchev–Trinajstić information content (AvgIpc) is 3.47. The van der Waals surface area contributed by atoms with Gasteiger partial charge in [-0.1, -0.05) is 35.5 Å². The number of carbonyl (C=O) groups excluding carboxylic acids is 1. The Kier molecular flexibility index (Phi) is 6.93. The number of nitrogens with one attached hydrogen (secondary N) is 1. The predicted molar refractivity (Wildman–Crippen MR) is 139 cm³/mol. The van der Waals surface area contributed by atoms with Gasteiger partial charge in [0.25, 0.3) is 0 Å². The normalized spacial score (nSPS) is 14.6. The van der Waals surface area contributed by atoms with Crippen LogP contribution in [0.2, 0.25) is 5.02 Å². The number of H-pyrrole nitrogens is 1. The summed E-state index contributed by atoms with van der Waals surface area (Å²) in [5, 5.41) is 8.19. The van der Waals surface area contributed by atoms with Crippen molar-refractivity contribution >= 4 is 29.1 Å². The number of methoxy groups -OCH3 is 1. The lowest BCUT2D eigenvalue weighted by Crippen LogP contribution is -2.33. The Morgan fingerprint density at radius 2 is 2.03 bits per heavy atom. The Labute approximate surface area is 217 Å². The second-order valence-electron chi connectivity index (χ2n) is 8.42. The number of ether oxygens (including phenoxy) is 3. The standard InChI is InChI=1S/C26H25ClN4O4S/c1-15-10-19(16(2)31(15)12-18-13-34-23-6-4-5-7-24(23)35-18)21(32)14-36-26-28-25(29-30-26)20-11-17(27)8-9-22(20)33-3/h4-11,18H,12-14H2,1-3H3,(H,28,29,30)/t18-/m0/s1. The van der Waals surface area contributed by atoms with Crippen molar-refractivity contribution in [1.29, 1.82) is 0 Å². The minimum Gasteiger partial charge on any atom is -0.496 e. The molecule has 4 aromatic rings. The Bertz CT molecular complexity index is 1420. The van der Waals surface area contributed by atoms with Crippen molar-refractivity contribution in [1.82, 2.24) is 19.7 Å². The van der Waals surface area contributed by atoms with Crippen LogP contribution in [0.25, 0.3) is 11.4 Å². The number of thioether (sulfide) groups is 1. The molecule has 3 heterocycles. The van der Waals surface area contributed by atoms with Crippen LogP contribution in [0.1, 0.15) is 21.7 Å².